The number of hydrogen-bond donors (Lipinski definition) is 0. The summed E-state index contributed by atoms with van der Waals surface area (Å²) in [5, 5.41) is 7.05. The fourth-order valence-corrected chi connectivity index (χ4v) is 8.22. The minimum atomic E-state index is 0.677. The quantitative estimate of drug-likeness (QED) is 0.171. The van der Waals surface area contributed by atoms with Crippen molar-refractivity contribution in [2.75, 3.05) is 0 Å². The van der Waals surface area contributed by atoms with Gasteiger partial charge in [-0.2, -0.15) is 0 Å². The van der Waals surface area contributed by atoms with E-state index in [4.69, 9.17) is 14.4 Å². The third-order valence-electron chi connectivity index (χ3n) is 11.0. The fraction of sp³-hybridized carbons (Fsp3) is 0. The van der Waals surface area contributed by atoms with Crippen LogP contribution in [0.3, 0.4) is 0 Å². The molecule has 0 amide bonds. The first-order chi connectivity index (χ1) is 28.2. The van der Waals surface area contributed by atoms with Crippen molar-refractivity contribution in [2.45, 2.75) is 0 Å². The first-order valence-corrected chi connectivity index (χ1v) is 19.3. The minimum absolute atomic E-state index is 0.677. The molecule has 57 heavy (non-hydrogen) atoms. The molecular formula is C54H34N2O. The highest BCUT2D eigenvalue weighted by molar-refractivity contribution is 6.10. The zero-order valence-corrected chi connectivity index (χ0v) is 30.9. The van der Waals surface area contributed by atoms with Gasteiger partial charge in [0, 0.05) is 33.0 Å². The van der Waals surface area contributed by atoms with Crippen LogP contribution in [0.1, 0.15) is 0 Å². The molecule has 0 N–H and O–H groups in total. The molecule has 0 saturated heterocycles. The van der Waals surface area contributed by atoms with Crippen molar-refractivity contribution < 1.29 is 4.42 Å². The van der Waals surface area contributed by atoms with Crippen LogP contribution in [0.4, 0.5) is 0 Å². The van der Waals surface area contributed by atoms with Gasteiger partial charge < -0.3 is 4.42 Å². The van der Waals surface area contributed by atoms with Gasteiger partial charge in [-0.15, -0.1) is 0 Å². The highest BCUT2D eigenvalue weighted by Gasteiger charge is 2.18. The molecule has 9 aromatic carbocycles. The van der Waals surface area contributed by atoms with Crippen molar-refractivity contribution >= 4 is 43.5 Å². The van der Waals surface area contributed by atoms with Gasteiger partial charge in [-0.3, -0.25) is 0 Å². The lowest BCUT2D eigenvalue weighted by molar-refractivity contribution is 0.670. The molecule has 11 aromatic rings. The highest BCUT2D eigenvalue weighted by Crippen LogP contribution is 2.41. The van der Waals surface area contributed by atoms with Crippen LogP contribution in [0.2, 0.25) is 0 Å². The van der Waals surface area contributed by atoms with Crippen molar-refractivity contribution in [3.63, 3.8) is 0 Å². The number of furan rings is 1. The van der Waals surface area contributed by atoms with Crippen molar-refractivity contribution in [2.24, 2.45) is 0 Å². The molecule has 266 valence electrons. The Hall–Kier alpha value is -7.62. The average molecular weight is 727 g/mol. The Labute approximate surface area is 330 Å². The normalized spacial score (nSPS) is 11.5. The molecule has 0 unspecified atom stereocenters. The molecule has 0 saturated carbocycles. The molecule has 0 spiro atoms. The van der Waals surface area contributed by atoms with Crippen LogP contribution in [0.25, 0.3) is 111 Å². The Morgan fingerprint density at radius 1 is 0.298 bits per heavy atom. The van der Waals surface area contributed by atoms with Gasteiger partial charge in [-0.25, -0.2) is 9.97 Å². The Bertz CT molecular complexity index is 3300. The molecule has 2 aromatic heterocycles. The number of benzene rings is 9. The summed E-state index contributed by atoms with van der Waals surface area (Å²) in [6.07, 6.45) is 0. The zero-order chi connectivity index (χ0) is 37.7. The van der Waals surface area contributed by atoms with Crippen LogP contribution in [-0.2, 0) is 0 Å². The molecule has 0 aliphatic carbocycles. The van der Waals surface area contributed by atoms with E-state index in [0.29, 0.717) is 5.82 Å². The van der Waals surface area contributed by atoms with Crippen molar-refractivity contribution in [3.05, 3.63) is 206 Å². The number of rotatable bonds is 6. The van der Waals surface area contributed by atoms with Gasteiger partial charge in [0.15, 0.2) is 5.82 Å². The van der Waals surface area contributed by atoms with Gasteiger partial charge in [-0.1, -0.05) is 164 Å². The van der Waals surface area contributed by atoms with Gasteiger partial charge >= 0.3 is 0 Å². The summed E-state index contributed by atoms with van der Waals surface area (Å²) in [4.78, 5) is 10.5. The number of fused-ring (bicyclic) bond motifs is 5. The third kappa shape index (κ3) is 5.94. The summed E-state index contributed by atoms with van der Waals surface area (Å²) in [5.74, 6) is 0.677. The Morgan fingerprint density at radius 2 is 0.860 bits per heavy atom. The largest absolute Gasteiger partial charge is 0.455 e. The molecule has 3 heteroatoms. The summed E-state index contributed by atoms with van der Waals surface area (Å²) in [6, 6.07) is 72.9. The van der Waals surface area contributed by atoms with E-state index in [2.05, 4.69) is 176 Å². The molecule has 0 fully saturated rings. The van der Waals surface area contributed by atoms with E-state index in [0.717, 1.165) is 77.8 Å². The zero-order valence-electron chi connectivity index (χ0n) is 30.9. The van der Waals surface area contributed by atoms with Crippen molar-refractivity contribution in [3.8, 4) is 67.3 Å². The van der Waals surface area contributed by atoms with E-state index in [-0.39, 0.29) is 0 Å². The Balaban J connectivity index is 1.14. The highest BCUT2D eigenvalue weighted by atomic mass is 16.3. The number of para-hydroxylation sites is 2. The summed E-state index contributed by atoms with van der Waals surface area (Å²) in [7, 11) is 0. The number of hydrogen-bond acceptors (Lipinski definition) is 3. The topological polar surface area (TPSA) is 38.9 Å². The minimum Gasteiger partial charge on any atom is -0.455 e. The predicted octanol–water partition coefficient (Wildman–Crippen LogP) is 14.7. The van der Waals surface area contributed by atoms with E-state index < -0.39 is 0 Å². The second kappa shape index (κ2) is 13.6. The molecule has 3 nitrogen and oxygen atoms in total. The maximum atomic E-state index is 6.60. The van der Waals surface area contributed by atoms with E-state index in [9.17, 15) is 0 Å². The second-order valence-electron chi connectivity index (χ2n) is 14.6. The van der Waals surface area contributed by atoms with Gasteiger partial charge in [-0.05, 0) is 91.8 Å². The van der Waals surface area contributed by atoms with Crippen molar-refractivity contribution in [1.29, 1.82) is 0 Å². The molecule has 0 aliphatic heterocycles. The van der Waals surface area contributed by atoms with Crippen LogP contribution >= 0.6 is 0 Å². The maximum absolute atomic E-state index is 6.60. The smallest absolute Gasteiger partial charge is 0.160 e. The summed E-state index contributed by atoms with van der Waals surface area (Å²) in [5.41, 5.74) is 13.1. The maximum Gasteiger partial charge on any atom is 0.160 e. The standard InChI is InChI=1S/C54H34N2O/c1-2-15-37(16-3-1)54-55-50(41-20-10-19-39(30-41)40-28-27-35-13-4-5-17-38(35)29-40)34-51(56-54)44-32-42(46-23-11-18-36-14-6-7-21-45(36)46)31-43(33-44)47-24-12-25-49-48-22-8-9-26-52(48)57-53(47)49/h1-34H. The van der Waals surface area contributed by atoms with Crippen LogP contribution in [0.15, 0.2) is 211 Å². The molecule has 0 bridgehead atoms. The average Bonchev–Trinajstić information content (AvgIpc) is 3.68. The van der Waals surface area contributed by atoms with Crippen LogP contribution in [0.5, 0.6) is 0 Å². The van der Waals surface area contributed by atoms with E-state index in [1.54, 1.807) is 0 Å². The third-order valence-corrected chi connectivity index (χ3v) is 11.0. The van der Waals surface area contributed by atoms with Crippen LogP contribution < -0.4 is 0 Å². The Kier molecular flexibility index (Phi) is 7.82. The lowest BCUT2D eigenvalue weighted by Crippen LogP contribution is -1.97. The lowest BCUT2D eigenvalue weighted by atomic mass is 9.91. The van der Waals surface area contributed by atoms with E-state index in [1.165, 1.54) is 27.1 Å². The molecule has 0 atom stereocenters. The first-order valence-electron chi connectivity index (χ1n) is 19.3. The molecule has 0 radical (unpaired) electrons. The van der Waals surface area contributed by atoms with E-state index in [1.807, 2.05) is 30.3 Å². The van der Waals surface area contributed by atoms with Gasteiger partial charge in [0.05, 0.1) is 11.4 Å². The molecule has 2 heterocycles. The molecular weight excluding hydrogens is 693 g/mol. The predicted molar refractivity (Wildman–Crippen MR) is 237 cm³/mol. The summed E-state index contributed by atoms with van der Waals surface area (Å²) in [6.45, 7) is 0. The van der Waals surface area contributed by atoms with Gasteiger partial charge in [0.25, 0.3) is 0 Å². The van der Waals surface area contributed by atoms with Crippen LogP contribution in [-0.4, -0.2) is 9.97 Å². The number of aromatic nitrogens is 2. The fourth-order valence-electron chi connectivity index (χ4n) is 8.22. The van der Waals surface area contributed by atoms with Gasteiger partial charge in [0.2, 0.25) is 0 Å². The molecule has 11 rings (SSSR count). The number of nitrogens with zero attached hydrogens (tertiary/aromatic N) is 2. The Morgan fingerprint density at radius 3 is 1.74 bits per heavy atom. The van der Waals surface area contributed by atoms with Gasteiger partial charge in [0.1, 0.15) is 11.2 Å². The molecule has 0 aliphatic rings. The van der Waals surface area contributed by atoms with Crippen LogP contribution in [0, 0.1) is 0 Å². The van der Waals surface area contributed by atoms with Crippen molar-refractivity contribution in [1.82, 2.24) is 9.97 Å². The second-order valence-corrected chi connectivity index (χ2v) is 14.6. The monoisotopic (exact) mass is 726 g/mol. The summed E-state index contributed by atoms with van der Waals surface area (Å²) < 4.78 is 6.60. The SMILES string of the molecule is c1ccc(-c2nc(-c3cccc(-c4ccc5ccccc5c4)c3)cc(-c3cc(-c4cccc5ccccc45)cc(-c4cccc5c4oc4ccccc45)c3)n2)cc1. The first kappa shape index (κ1) is 32.8. The summed E-state index contributed by atoms with van der Waals surface area (Å²) >= 11 is 0. The van der Waals surface area contributed by atoms with E-state index >= 15 is 0 Å². The lowest BCUT2D eigenvalue weighted by Gasteiger charge is -2.15.